The zero-order valence-electron chi connectivity index (χ0n) is 12.6. The molecule has 1 aliphatic rings. The summed E-state index contributed by atoms with van der Waals surface area (Å²) in [7, 11) is 0. The molecule has 1 heterocycles. The Morgan fingerprint density at radius 1 is 1.29 bits per heavy atom. The van der Waals surface area contributed by atoms with E-state index in [1.807, 2.05) is 24.3 Å². The largest absolute Gasteiger partial charge is 0.493 e. The maximum absolute atomic E-state index is 11.0. The summed E-state index contributed by atoms with van der Waals surface area (Å²) < 4.78 is 11.4. The Morgan fingerprint density at radius 2 is 1.95 bits per heavy atom. The van der Waals surface area contributed by atoms with E-state index in [-0.39, 0.29) is 11.2 Å². The molecule has 0 amide bonds. The highest BCUT2D eigenvalue weighted by Gasteiger charge is 2.32. The zero-order chi connectivity index (χ0) is 15.1. The fraction of sp³-hybridized carbons (Fsp3) is 0.588. The highest BCUT2D eigenvalue weighted by atomic mass is 79.9. The minimum Gasteiger partial charge on any atom is -0.493 e. The van der Waals surface area contributed by atoms with E-state index in [9.17, 15) is 4.79 Å². The van der Waals surface area contributed by atoms with Crippen molar-refractivity contribution in [2.45, 2.75) is 32.6 Å². The van der Waals surface area contributed by atoms with E-state index in [0.717, 1.165) is 43.6 Å². The SMILES string of the molecule is CC(=O)CCc1ccc(OCC2(CBr)CCOCC2)cc1. The van der Waals surface area contributed by atoms with Gasteiger partial charge in [-0.1, -0.05) is 28.1 Å². The van der Waals surface area contributed by atoms with Crippen molar-refractivity contribution >= 4 is 21.7 Å². The fourth-order valence-electron chi connectivity index (χ4n) is 2.43. The van der Waals surface area contributed by atoms with Gasteiger partial charge < -0.3 is 14.3 Å². The molecule has 0 saturated carbocycles. The van der Waals surface area contributed by atoms with Crippen molar-refractivity contribution in [2.75, 3.05) is 25.2 Å². The van der Waals surface area contributed by atoms with Crippen LogP contribution in [0.4, 0.5) is 0 Å². The summed E-state index contributed by atoms with van der Waals surface area (Å²) in [6.45, 7) is 3.98. The Hall–Kier alpha value is -0.870. The van der Waals surface area contributed by atoms with E-state index in [2.05, 4.69) is 15.9 Å². The van der Waals surface area contributed by atoms with E-state index >= 15 is 0 Å². The third-order valence-electron chi connectivity index (χ3n) is 4.07. The molecule has 0 spiro atoms. The van der Waals surface area contributed by atoms with E-state index < -0.39 is 0 Å². The number of aryl methyl sites for hydroxylation is 1. The summed E-state index contributed by atoms with van der Waals surface area (Å²) in [5, 5.41) is 0.944. The van der Waals surface area contributed by atoms with Gasteiger partial charge in [0.25, 0.3) is 0 Å². The monoisotopic (exact) mass is 354 g/mol. The first kappa shape index (κ1) is 16.5. The lowest BCUT2D eigenvalue weighted by Crippen LogP contribution is -2.36. The third kappa shape index (κ3) is 5.11. The normalized spacial score (nSPS) is 17.4. The highest BCUT2D eigenvalue weighted by molar-refractivity contribution is 9.09. The van der Waals surface area contributed by atoms with Gasteiger partial charge in [-0.05, 0) is 43.9 Å². The van der Waals surface area contributed by atoms with Crippen molar-refractivity contribution < 1.29 is 14.3 Å². The highest BCUT2D eigenvalue weighted by Crippen LogP contribution is 2.33. The van der Waals surface area contributed by atoms with Crippen LogP contribution >= 0.6 is 15.9 Å². The number of Topliss-reactive ketones (excluding diaryl/α,β-unsaturated/α-hetero) is 1. The van der Waals surface area contributed by atoms with Crippen LogP contribution in [-0.4, -0.2) is 30.9 Å². The molecule has 3 nitrogen and oxygen atoms in total. The van der Waals surface area contributed by atoms with Crippen molar-refractivity contribution in [3.8, 4) is 5.75 Å². The van der Waals surface area contributed by atoms with Crippen LogP contribution in [0.5, 0.6) is 5.75 Å². The van der Waals surface area contributed by atoms with Gasteiger partial charge in [-0.3, -0.25) is 0 Å². The lowest BCUT2D eigenvalue weighted by molar-refractivity contribution is -0.116. The summed E-state index contributed by atoms with van der Waals surface area (Å²) in [6, 6.07) is 8.08. The summed E-state index contributed by atoms with van der Waals surface area (Å²) in [5.41, 5.74) is 1.37. The average Bonchev–Trinajstić information content (AvgIpc) is 2.53. The van der Waals surface area contributed by atoms with Gasteiger partial charge in [-0.2, -0.15) is 0 Å². The van der Waals surface area contributed by atoms with Crippen LogP contribution in [0.1, 0.15) is 31.7 Å². The second-order valence-electron chi connectivity index (χ2n) is 5.88. The molecular weight excluding hydrogens is 332 g/mol. The van der Waals surface area contributed by atoms with Gasteiger partial charge in [-0.25, -0.2) is 0 Å². The Balaban J connectivity index is 1.86. The predicted molar refractivity (Wildman–Crippen MR) is 87.2 cm³/mol. The maximum atomic E-state index is 11.0. The quantitative estimate of drug-likeness (QED) is 0.699. The van der Waals surface area contributed by atoms with Crippen LogP contribution in [-0.2, 0) is 16.0 Å². The summed E-state index contributed by atoms with van der Waals surface area (Å²) >= 11 is 3.62. The van der Waals surface area contributed by atoms with Gasteiger partial charge in [0.1, 0.15) is 11.5 Å². The first-order chi connectivity index (χ1) is 10.1. The number of rotatable bonds is 7. The molecule has 1 aromatic carbocycles. The Labute approximate surface area is 135 Å². The lowest BCUT2D eigenvalue weighted by atomic mass is 9.83. The number of benzene rings is 1. The molecule has 21 heavy (non-hydrogen) atoms. The number of carbonyl (C=O) groups is 1. The van der Waals surface area contributed by atoms with Gasteiger partial charge in [0.15, 0.2) is 0 Å². The van der Waals surface area contributed by atoms with Crippen molar-refractivity contribution in [2.24, 2.45) is 5.41 Å². The van der Waals surface area contributed by atoms with E-state index in [4.69, 9.17) is 9.47 Å². The van der Waals surface area contributed by atoms with Crippen molar-refractivity contribution in [1.29, 1.82) is 0 Å². The molecule has 0 N–H and O–H groups in total. The Kier molecular flexibility index (Phi) is 6.24. The molecule has 2 rings (SSSR count). The first-order valence-electron chi connectivity index (χ1n) is 7.48. The number of ketones is 1. The van der Waals surface area contributed by atoms with Crippen LogP contribution in [0, 0.1) is 5.41 Å². The molecule has 1 fully saturated rings. The fourth-order valence-corrected chi connectivity index (χ4v) is 3.15. The minimum absolute atomic E-state index is 0.186. The molecule has 0 unspecified atom stereocenters. The molecule has 0 aromatic heterocycles. The summed E-state index contributed by atoms with van der Waals surface area (Å²) in [6.07, 6.45) is 3.48. The van der Waals surface area contributed by atoms with Gasteiger partial charge in [0.05, 0.1) is 6.61 Å². The third-order valence-corrected chi connectivity index (χ3v) is 5.26. The minimum atomic E-state index is 0.186. The number of hydrogen-bond acceptors (Lipinski definition) is 3. The lowest BCUT2D eigenvalue weighted by Gasteiger charge is -2.35. The predicted octanol–water partition coefficient (Wildman–Crippen LogP) is 3.78. The zero-order valence-corrected chi connectivity index (χ0v) is 14.2. The average molecular weight is 355 g/mol. The molecule has 4 heteroatoms. The smallest absolute Gasteiger partial charge is 0.130 e. The van der Waals surface area contributed by atoms with E-state index in [1.165, 1.54) is 5.56 Å². The number of halogens is 1. The second kappa shape index (κ2) is 7.95. The maximum Gasteiger partial charge on any atom is 0.130 e. The Morgan fingerprint density at radius 3 is 2.52 bits per heavy atom. The molecular formula is C17H23BrO3. The first-order valence-corrected chi connectivity index (χ1v) is 8.61. The van der Waals surface area contributed by atoms with Crippen LogP contribution in [0.15, 0.2) is 24.3 Å². The van der Waals surface area contributed by atoms with E-state index in [0.29, 0.717) is 13.0 Å². The topological polar surface area (TPSA) is 35.5 Å². The van der Waals surface area contributed by atoms with Crippen LogP contribution in [0.2, 0.25) is 0 Å². The molecule has 0 radical (unpaired) electrons. The van der Waals surface area contributed by atoms with Gasteiger partial charge in [0.2, 0.25) is 0 Å². The number of hydrogen-bond donors (Lipinski definition) is 0. The van der Waals surface area contributed by atoms with Gasteiger partial charge in [0, 0.05) is 30.4 Å². The number of alkyl halides is 1. The van der Waals surface area contributed by atoms with Crippen LogP contribution in [0.25, 0.3) is 0 Å². The Bertz CT molecular complexity index is 450. The van der Waals surface area contributed by atoms with Crippen molar-refractivity contribution in [1.82, 2.24) is 0 Å². The molecule has 1 aliphatic heterocycles. The van der Waals surface area contributed by atoms with Crippen molar-refractivity contribution in [3.63, 3.8) is 0 Å². The summed E-state index contributed by atoms with van der Waals surface area (Å²) in [5.74, 6) is 1.13. The van der Waals surface area contributed by atoms with Crippen LogP contribution < -0.4 is 4.74 Å². The van der Waals surface area contributed by atoms with E-state index in [1.54, 1.807) is 6.92 Å². The molecule has 116 valence electrons. The molecule has 0 bridgehead atoms. The second-order valence-corrected chi connectivity index (χ2v) is 6.44. The number of ether oxygens (including phenoxy) is 2. The molecule has 1 saturated heterocycles. The molecule has 0 atom stereocenters. The van der Waals surface area contributed by atoms with Crippen molar-refractivity contribution in [3.05, 3.63) is 29.8 Å². The molecule has 1 aromatic rings. The molecule has 0 aliphatic carbocycles. The standard InChI is InChI=1S/C17H23BrO3/c1-14(19)2-3-15-4-6-16(7-5-15)21-13-17(12-18)8-10-20-11-9-17/h4-7H,2-3,8-13H2,1H3. The van der Waals surface area contributed by atoms with Gasteiger partial charge >= 0.3 is 0 Å². The van der Waals surface area contributed by atoms with Crippen LogP contribution in [0.3, 0.4) is 0 Å². The summed E-state index contributed by atoms with van der Waals surface area (Å²) in [4.78, 5) is 11.0. The number of carbonyl (C=O) groups excluding carboxylic acids is 1. The van der Waals surface area contributed by atoms with Gasteiger partial charge in [-0.15, -0.1) is 0 Å².